The molecule has 2 heterocycles. The second-order valence-electron chi connectivity index (χ2n) is 8.37. The molecule has 0 aliphatic carbocycles. The van der Waals surface area contributed by atoms with Crippen molar-refractivity contribution >= 4 is 5.91 Å². The summed E-state index contributed by atoms with van der Waals surface area (Å²) in [7, 11) is 4.01. The Kier molecular flexibility index (Phi) is 6.75. The normalized spacial score (nSPS) is 14.0. The van der Waals surface area contributed by atoms with Gasteiger partial charge in [0.15, 0.2) is 0 Å². The van der Waals surface area contributed by atoms with Crippen molar-refractivity contribution in [3.63, 3.8) is 0 Å². The lowest BCUT2D eigenvalue weighted by Gasteiger charge is -2.26. The van der Waals surface area contributed by atoms with E-state index in [-0.39, 0.29) is 11.6 Å². The van der Waals surface area contributed by atoms with Crippen molar-refractivity contribution in [2.75, 3.05) is 40.3 Å². The molecule has 1 amide bonds. The predicted molar refractivity (Wildman–Crippen MR) is 125 cm³/mol. The van der Waals surface area contributed by atoms with Crippen LogP contribution in [0.1, 0.15) is 29.6 Å². The zero-order valence-corrected chi connectivity index (χ0v) is 18.7. The molecule has 1 aromatic heterocycles. The Morgan fingerprint density at radius 1 is 0.875 bits per heavy atom. The Labute approximate surface area is 188 Å². The molecular weight excluding hydrogens is 404 g/mol. The third-order valence-corrected chi connectivity index (χ3v) is 5.73. The summed E-state index contributed by atoms with van der Waals surface area (Å²) in [6.07, 6.45) is 6.81. The van der Waals surface area contributed by atoms with E-state index in [0.717, 1.165) is 49.6 Å². The average molecular weight is 435 g/mol. The second kappa shape index (κ2) is 9.87. The number of benzene rings is 2. The number of hydrogen-bond acceptors (Lipinski definition) is 4. The van der Waals surface area contributed by atoms with Gasteiger partial charge in [-0.25, -0.2) is 4.79 Å². The molecule has 0 N–H and O–H groups in total. The smallest absolute Gasteiger partial charge is 0.337 e. The van der Waals surface area contributed by atoms with Gasteiger partial charge in [-0.15, -0.1) is 0 Å². The van der Waals surface area contributed by atoms with Gasteiger partial charge >= 0.3 is 5.69 Å². The molecule has 4 rings (SSSR count). The number of likely N-dealkylation sites (tertiary alicyclic amines) is 1. The molecule has 2 aromatic carbocycles. The van der Waals surface area contributed by atoms with E-state index in [1.807, 2.05) is 55.4 Å². The van der Waals surface area contributed by atoms with E-state index in [2.05, 4.69) is 4.90 Å². The van der Waals surface area contributed by atoms with E-state index in [9.17, 15) is 9.59 Å². The number of likely N-dealkylation sites (N-methyl/N-ethyl adjacent to an activating group) is 1. The van der Waals surface area contributed by atoms with Crippen LogP contribution in [-0.2, 0) is 0 Å². The zero-order valence-electron chi connectivity index (χ0n) is 18.7. The third kappa shape index (κ3) is 4.94. The number of ether oxygens (including phenoxy) is 1. The minimum Gasteiger partial charge on any atom is -0.492 e. The molecule has 168 valence electrons. The molecule has 3 aromatic rings. The number of aromatic nitrogens is 2. The minimum atomic E-state index is -0.165. The van der Waals surface area contributed by atoms with Gasteiger partial charge in [-0.3, -0.25) is 13.9 Å². The molecular formula is C25H30N4O3. The van der Waals surface area contributed by atoms with Crippen molar-refractivity contribution < 1.29 is 9.53 Å². The van der Waals surface area contributed by atoms with Crippen LogP contribution < -0.4 is 10.4 Å². The predicted octanol–water partition coefficient (Wildman–Crippen LogP) is 3.19. The van der Waals surface area contributed by atoms with E-state index in [4.69, 9.17) is 4.74 Å². The first-order valence-corrected chi connectivity index (χ1v) is 11.1. The first kappa shape index (κ1) is 21.9. The van der Waals surface area contributed by atoms with Gasteiger partial charge in [-0.1, -0.05) is 0 Å². The number of rotatable bonds is 7. The van der Waals surface area contributed by atoms with Crippen molar-refractivity contribution in [3.05, 3.63) is 77.0 Å². The molecule has 0 bridgehead atoms. The van der Waals surface area contributed by atoms with E-state index in [1.54, 1.807) is 33.7 Å². The van der Waals surface area contributed by atoms with E-state index >= 15 is 0 Å². The molecule has 7 heteroatoms. The third-order valence-electron chi connectivity index (χ3n) is 5.73. The highest BCUT2D eigenvalue weighted by molar-refractivity contribution is 5.94. The van der Waals surface area contributed by atoms with Gasteiger partial charge in [-0.2, -0.15) is 0 Å². The summed E-state index contributed by atoms with van der Waals surface area (Å²) in [6.45, 7) is 3.09. The molecule has 0 spiro atoms. The molecule has 0 unspecified atom stereocenters. The van der Waals surface area contributed by atoms with Crippen LogP contribution >= 0.6 is 0 Å². The molecule has 0 radical (unpaired) electrons. The Bertz CT molecular complexity index is 1090. The maximum Gasteiger partial charge on any atom is 0.337 e. The maximum absolute atomic E-state index is 13.0. The highest BCUT2D eigenvalue weighted by atomic mass is 16.5. The lowest BCUT2D eigenvalue weighted by Crippen LogP contribution is -2.35. The number of carbonyl (C=O) groups is 1. The fourth-order valence-electron chi connectivity index (χ4n) is 3.86. The summed E-state index contributed by atoms with van der Waals surface area (Å²) in [5.74, 6) is 0.839. The highest BCUT2D eigenvalue weighted by Gasteiger charge is 2.18. The van der Waals surface area contributed by atoms with Gasteiger partial charge in [-0.05, 0) is 81.9 Å². The van der Waals surface area contributed by atoms with Crippen LogP contribution in [0.3, 0.4) is 0 Å². The summed E-state index contributed by atoms with van der Waals surface area (Å²) < 4.78 is 8.90. The number of amides is 1. The van der Waals surface area contributed by atoms with Crippen LogP contribution in [0.4, 0.5) is 0 Å². The van der Waals surface area contributed by atoms with Crippen LogP contribution in [0.25, 0.3) is 11.4 Å². The number of carbonyl (C=O) groups excluding carboxylic acids is 1. The van der Waals surface area contributed by atoms with Gasteiger partial charge in [0.05, 0.1) is 11.4 Å². The van der Waals surface area contributed by atoms with Crippen molar-refractivity contribution in [1.29, 1.82) is 0 Å². The van der Waals surface area contributed by atoms with Crippen LogP contribution in [-0.4, -0.2) is 65.2 Å². The number of nitrogens with zero attached hydrogens (tertiary/aromatic N) is 4. The van der Waals surface area contributed by atoms with Gasteiger partial charge in [0.1, 0.15) is 12.4 Å². The summed E-state index contributed by atoms with van der Waals surface area (Å²) in [4.78, 5) is 29.6. The second-order valence-corrected chi connectivity index (χ2v) is 8.37. The minimum absolute atomic E-state index is 0.0639. The molecule has 1 saturated heterocycles. The first-order valence-electron chi connectivity index (χ1n) is 11.1. The lowest BCUT2D eigenvalue weighted by atomic mass is 10.1. The number of imidazole rings is 1. The quantitative estimate of drug-likeness (QED) is 0.573. The molecule has 0 saturated carbocycles. The molecule has 1 aliphatic heterocycles. The number of hydrogen-bond donors (Lipinski definition) is 0. The van der Waals surface area contributed by atoms with Crippen LogP contribution in [0.2, 0.25) is 0 Å². The monoisotopic (exact) mass is 434 g/mol. The van der Waals surface area contributed by atoms with Crippen LogP contribution in [0.5, 0.6) is 5.75 Å². The van der Waals surface area contributed by atoms with E-state index < -0.39 is 0 Å². The van der Waals surface area contributed by atoms with Gasteiger partial charge in [0.25, 0.3) is 5.91 Å². The maximum atomic E-state index is 13.0. The SMILES string of the molecule is CN(C)CCOc1ccc(-n2ccn(-c3ccc(C(=O)N4CCCCC4)cc3)c2=O)cc1. The molecule has 0 atom stereocenters. The Morgan fingerprint density at radius 2 is 1.44 bits per heavy atom. The highest BCUT2D eigenvalue weighted by Crippen LogP contribution is 2.17. The molecule has 1 aliphatic rings. The largest absolute Gasteiger partial charge is 0.492 e. The average Bonchev–Trinajstić information content (AvgIpc) is 3.21. The van der Waals surface area contributed by atoms with Gasteiger partial charge in [0.2, 0.25) is 0 Å². The fourth-order valence-corrected chi connectivity index (χ4v) is 3.86. The van der Waals surface area contributed by atoms with E-state index in [1.165, 1.54) is 6.42 Å². The summed E-state index contributed by atoms with van der Waals surface area (Å²) in [6, 6.07) is 14.7. The first-order chi connectivity index (χ1) is 15.5. The molecule has 32 heavy (non-hydrogen) atoms. The Hall–Kier alpha value is -3.32. The summed E-state index contributed by atoms with van der Waals surface area (Å²) in [5, 5.41) is 0. The standard InChI is InChI=1S/C25H30N4O3/c1-26(2)18-19-32-23-12-10-22(11-13-23)29-17-16-28(25(29)31)21-8-6-20(7-9-21)24(30)27-14-4-3-5-15-27/h6-13,16-17H,3-5,14-15,18-19H2,1-2H3. The Balaban J connectivity index is 1.47. The zero-order chi connectivity index (χ0) is 22.5. The topological polar surface area (TPSA) is 59.7 Å². The van der Waals surface area contributed by atoms with Gasteiger partial charge in [0, 0.05) is 37.6 Å². The van der Waals surface area contributed by atoms with Crippen LogP contribution in [0.15, 0.2) is 65.7 Å². The fraction of sp³-hybridized carbons (Fsp3) is 0.360. The van der Waals surface area contributed by atoms with E-state index in [0.29, 0.717) is 12.2 Å². The van der Waals surface area contributed by atoms with Crippen molar-refractivity contribution in [2.24, 2.45) is 0 Å². The summed E-state index contributed by atoms with van der Waals surface area (Å²) in [5.41, 5.74) is 1.99. The van der Waals surface area contributed by atoms with Crippen LogP contribution in [0, 0.1) is 0 Å². The lowest BCUT2D eigenvalue weighted by molar-refractivity contribution is 0.0724. The van der Waals surface area contributed by atoms with Gasteiger partial charge < -0.3 is 14.5 Å². The molecule has 7 nitrogen and oxygen atoms in total. The summed E-state index contributed by atoms with van der Waals surface area (Å²) >= 11 is 0. The molecule has 1 fully saturated rings. The van der Waals surface area contributed by atoms with Crippen molar-refractivity contribution in [3.8, 4) is 17.1 Å². The van der Waals surface area contributed by atoms with Crippen molar-refractivity contribution in [2.45, 2.75) is 19.3 Å². The Morgan fingerprint density at radius 3 is 2.00 bits per heavy atom. The van der Waals surface area contributed by atoms with Crippen molar-refractivity contribution in [1.82, 2.24) is 18.9 Å². The number of piperidine rings is 1.